The van der Waals surface area contributed by atoms with Crippen LogP contribution in [0.2, 0.25) is 0 Å². The number of benzene rings is 1. The zero-order valence-electron chi connectivity index (χ0n) is 12.0. The summed E-state index contributed by atoms with van der Waals surface area (Å²) in [4.78, 5) is 19.1. The molecule has 0 fully saturated rings. The van der Waals surface area contributed by atoms with Gasteiger partial charge in [-0.2, -0.15) is 0 Å². The van der Waals surface area contributed by atoms with E-state index in [1.54, 1.807) is 0 Å². The van der Waals surface area contributed by atoms with Crippen molar-refractivity contribution in [3.05, 3.63) is 36.0 Å². The fraction of sp³-hybridized carbons (Fsp3) is 0.267. The molecular weight excluding hydrogens is 270 g/mol. The van der Waals surface area contributed by atoms with E-state index >= 15 is 0 Å². The van der Waals surface area contributed by atoms with Crippen LogP contribution in [0, 0.1) is 6.92 Å². The number of aliphatic carboxylic acids is 1. The zero-order valence-corrected chi connectivity index (χ0v) is 12.0. The fourth-order valence-corrected chi connectivity index (χ4v) is 1.84. The quantitative estimate of drug-likeness (QED) is 0.848. The Morgan fingerprint density at radius 1 is 1.29 bits per heavy atom. The lowest BCUT2D eigenvalue weighted by Gasteiger charge is -2.08. The van der Waals surface area contributed by atoms with E-state index < -0.39 is 5.97 Å². The van der Waals surface area contributed by atoms with E-state index in [2.05, 4.69) is 15.3 Å². The molecule has 6 heteroatoms. The maximum atomic E-state index is 10.6. The highest BCUT2D eigenvalue weighted by molar-refractivity contribution is 5.72. The Hall–Kier alpha value is -2.63. The van der Waals surface area contributed by atoms with Crippen LogP contribution in [0.3, 0.4) is 0 Å². The first-order valence-corrected chi connectivity index (χ1v) is 6.63. The summed E-state index contributed by atoms with van der Waals surface area (Å²) in [7, 11) is 0. The van der Waals surface area contributed by atoms with Crippen molar-refractivity contribution in [2.24, 2.45) is 0 Å². The van der Waals surface area contributed by atoms with Gasteiger partial charge < -0.3 is 15.2 Å². The van der Waals surface area contributed by atoms with E-state index in [4.69, 9.17) is 9.84 Å². The Labute approximate surface area is 122 Å². The van der Waals surface area contributed by atoms with E-state index in [0.717, 1.165) is 22.7 Å². The average Bonchev–Trinajstić information content (AvgIpc) is 2.46. The van der Waals surface area contributed by atoms with Crippen molar-refractivity contribution in [3.63, 3.8) is 0 Å². The number of rotatable bonds is 6. The van der Waals surface area contributed by atoms with Crippen LogP contribution < -0.4 is 10.1 Å². The molecule has 1 heterocycles. The summed E-state index contributed by atoms with van der Waals surface area (Å²) in [5.41, 5.74) is 2.42. The normalized spacial score (nSPS) is 10.2. The molecule has 0 atom stereocenters. The summed E-state index contributed by atoms with van der Waals surface area (Å²) in [5.74, 6) is 0.153. The molecule has 0 spiro atoms. The molecule has 0 bridgehead atoms. The van der Waals surface area contributed by atoms with Gasteiger partial charge in [0.25, 0.3) is 0 Å². The number of carboxylic acids is 1. The Morgan fingerprint density at radius 3 is 2.62 bits per heavy atom. The van der Waals surface area contributed by atoms with Crippen molar-refractivity contribution >= 4 is 11.9 Å². The number of hydrogen-bond donors (Lipinski definition) is 2. The van der Waals surface area contributed by atoms with Crippen LogP contribution in [0.5, 0.6) is 5.75 Å². The lowest BCUT2D eigenvalue weighted by molar-refractivity contribution is -0.134. The van der Waals surface area contributed by atoms with Crippen LogP contribution in [0.25, 0.3) is 11.3 Å². The van der Waals surface area contributed by atoms with E-state index in [1.807, 2.05) is 44.2 Å². The van der Waals surface area contributed by atoms with Gasteiger partial charge in [-0.15, -0.1) is 0 Å². The number of aromatic nitrogens is 2. The minimum absolute atomic E-state index is 0.216. The second-order valence-corrected chi connectivity index (χ2v) is 4.42. The number of hydrogen-bond acceptors (Lipinski definition) is 5. The first kappa shape index (κ1) is 14.8. The Bertz CT molecular complexity index is 627. The Kier molecular flexibility index (Phi) is 4.71. The molecule has 0 aliphatic carbocycles. The predicted molar refractivity (Wildman–Crippen MR) is 79.5 cm³/mol. The highest BCUT2D eigenvalue weighted by Crippen LogP contribution is 2.22. The van der Waals surface area contributed by atoms with Gasteiger partial charge in [0.15, 0.2) is 0 Å². The molecule has 1 aromatic carbocycles. The highest BCUT2D eigenvalue weighted by Gasteiger charge is 2.06. The van der Waals surface area contributed by atoms with Gasteiger partial charge in [0.2, 0.25) is 5.95 Å². The molecule has 21 heavy (non-hydrogen) atoms. The number of anilines is 1. The fourth-order valence-electron chi connectivity index (χ4n) is 1.84. The third-order valence-corrected chi connectivity index (χ3v) is 2.71. The lowest BCUT2D eigenvalue weighted by atomic mass is 10.1. The molecule has 0 aliphatic heterocycles. The Balaban J connectivity index is 2.24. The van der Waals surface area contributed by atoms with Gasteiger partial charge in [0, 0.05) is 11.3 Å². The second-order valence-electron chi connectivity index (χ2n) is 4.42. The predicted octanol–water partition coefficient (Wildman–Crippen LogP) is 2.35. The van der Waals surface area contributed by atoms with Crippen LogP contribution in [0.15, 0.2) is 30.3 Å². The van der Waals surface area contributed by atoms with Crippen LogP contribution in [0.1, 0.15) is 12.6 Å². The van der Waals surface area contributed by atoms with Crippen LogP contribution in [0.4, 0.5) is 5.95 Å². The van der Waals surface area contributed by atoms with Gasteiger partial charge in [0.05, 0.1) is 12.3 Å². The SMILES string of the molecule is CCOc1ccc(-c2cc(C)nc(NCC(=O)O)n2)cc1. The maximum Gasteiger partial charge on any atom is 0.322 e. The summed E-state index contributed by atoms with van der Waals surface area (Å²) in [6.07, 6.45) is 0. The van der Waals surface area contributed by atoms with Crippen LogP contribution >= 0.6 is 0 Å². The van der Waals surface area contributed by atoms with Gasteiger partial charge >= 0.3 is 5.97 Å². The third-order valence-electron chi connectivity index (χ3n) is 2.71. The molecule has 0 saturated heterocycles. The molecule has 6 nitrogen and oxygen atoms in total. The van der Waals surface area contributed by atoms with E-state index in [9.17, 15) is 4.79 Å². The molecule has 0 saturated carbocycles. The lowest BCUT2D eigenvalue weighted by Crippen LogP contribution is -2.14. The molecule has 1 aromatic heterocycles. The van der Waals surface area contributed by atoms with Crippen LogP contribution in [-0.4, -0.2) is 34.2 Å². The van der Waals surface area contributed by atoms with Crippen molar-refractivity contribution in [1.29, 1.82) is 0 Å². The van der Waals surface area contributed by atoms with Gasteiger partial charge in [0.1, 0.15) is 12.3 Å². The summed E-state index contributed by atoms with van der Waals surface area (Å²) < 4.78 is 5.40. The number of nitrogens with one attached hydrogen (secondary N) is 1. The summed E-state index contributed by atoms with van der Waals surface area (Å²) in [5, 5.41) is 11.4. The summed E-state index contributed by atoms with van der Waals surface area (Å²) in [6, 6.07) is 9.42. The summed E-state index contributed by atoms with van der Waals surface area (Å²) in [6.45, 7) is 4.18. The first-order chi connectivity index (χ1) is 10.1. The standard InChI is InChI=1S/C15H17N3O3/c1-3-21-12-6-4-11(5-7-12)13-8-10(2)17-15(18-13)16-9-14(19)20/h4-8H,3,9H2,1-2H3,(H,19,20)(H,16,17,18). The van der Waals surface area contributed by atoms with Crippen molar-refractivity contribution < 1.29 is 14.6 Å². The zero-order chi connectivity index (χ0) is 15.2. The first-order valence-electron chi connectivity index (χ1n) is 6.63. The number of carbonyl (C=O) groups is 1. The third kappa shape index (κ3) is 4.17. The van der Waals surface area contributed by atoms with E-state index in [0.29, 0.717) is 12.6 Å². The molecule has 110 valence electrons. The minimum Gasteiger partial charge on any atom is -0.494 e. The molecule has 0 unspecified atom stereocenters. The van der Waals surface area contributed by atoms with Gasteiger partial charge in [-0.25, -0.2) is 9.97 Å². The second kappa shape index (κ2) is 6.69. The molecule has 0 amide bonds. The van der Waals surface area contributed by atoms with E-state index in [1.165, 1.54) is 0 Å². The molecule has 2 aromatic rings. The average molecular weight is 287 g/mol. The Morgan fingerprint density at radius 2 is 2.00 bits per heavy atom. The van der Waals surface area contributed by atoms with Crippen molar-refractivity contribution in [3.8, 4) is 17.0 Å². The number of ether oxygens (including phenoxy) is 1. The van der Waals surface area contributed by atoms with Gasteiger partial charge in [-0.1, -0.05) is 0 Å². The number of aryl methyl sites for hydroxylation is 1. The smallest absolute Gasteiger partial charge is 0.322 e. The maximum absolute atomic E-state index is 10.6. The largest absolute Gasteiger partial charge is 0.494 e. The van der Waals surface area contributed by atoms with Crippen molar-refractivity contribution in [2.45, 2.75) is 13.8 Å². The van der Waals surface area contributed by atoms with Crippen molar-refractivity contribution in [1.82, 2.24) is 9.97 Å². The molecule has 0 radical (unpaired) electrons. The van der Waals surface area contributed by atoms with Gasteiger partial charge in [-0.3, -0.25) is 4.79 Å². The minimum atomic E-state index is -0.956. The van der Waals surface area contributed by atoms with Crippen LogP contribution in [-0.2, 0) is 4.79 Å². The molecule has 2 rings (SSSR count). The monoisotopic (exact) mass is 287 g/mol. The number of nitrogens with zero attached hydrogens (tertiary/aromatic N) is 2. The number of carboxylic acid groups (broad SMARTS) is 1. The van der Waals surface area contributed by atoms with E-state index in [-0.39, 0.29) is 6.54 Å². The highest BCUT2D eigenvalue weighted by atomic mass is 16.5. The van der Waals surface area contributed by atoms with Gasteiger partial charge in [-0.05, 0) is 44.2 Å². The molecule has 0 aliphatic rings. The molecular formula is C15H17N3O3. The summed E-state index contributed by atoms with van der Waals surface area (Å²) >= 11 is 0. The topological polar surface area (TPSA) is 84.3 Å². The molecule has 2 N–H and O–H groups in total. The van der Waals surface area contributed by atoms with Crippen molar-refractivity contribution in [2.75, 3.05) is 18.5 Å².